The number of aromatic nitrogens is 1. The maximum atomic E-state index is 11.4. The van der Waals surface area contributed by atoms with Crippen molar-refractivity contribution >= 4 is 18.0 Å². The van der Waals surface area contributed by atoms with Gasteiger partial charge in [-0.25, -0.2) is 9.78 Å². The molecule has 0 bridgehead atoms. The first-order chi connectivity index (χ1) is 8.69. The molecule has 0 saturated carbocycles. The highest BCUT2D eigenvalue weighted by Gasteiger charge is 2.10. The molecule has 5 nitrogen and oxygen atoms in total. The van der Waals surface area contributed by atoms with E-state index in [-0.39, 0.29) is 18.1 Å². The number of methoxy groups -OCH3 is 1. The number of ether oxygens (including phenoxy) is 2. The summed E-state index contributed by atoms with van der Waals surface area (Å²) in [6.07, 6.45) is 4.94. The van der Waals surface area contributed by atoms with E-state index in [2.05, 4.69) is 9.72 Å². The quantitative estimate of drug-likeness (QED) is 0.745. The molecule has 5 heteroatoms. The van der Waals surface area contributed by atoms with E-state index >= 15 is 0 Å². The predicted molar refractivity (Wildman–Crippen MR) is 65.9 cm³/mol. The molecule has 0 aliphatic rings. The Hall–Kier alpha value is -2.17. The fraction of sp³-hybridized carbons (Fsp3) is 0.308. The summed E-state index contributed by atoms with van der Waals surface area (Å²) in [5, 5.41) is 0. The largest absolute Gasteiger partial charge is 0.466 e. The standard InChI is InChI=1S/C13H15NO4/c1-3-18-11(15)8-4-6-10-7-5-9-14-12(10)13(16)17-2/h4-7,9H,3,8H2,1-2H3. The number of nitrogens with zero attached hydrogens (tertiary/aromatic N) is 1. The minimum atomic E-state index is -0.508. The number of esters is 2. The van der Waals surface area contributed by atoms with Crippen molar-refractivity contribution in [3.63, 3.8) is 0 Å². The van der Waals surface area contributed by atoms with E-state index in [4.69, 9.17) is 4.74 Å². The minimum Gasteiger partial charge on any atom is -0.466 e. The molecule has 0 aliphatic heterocycles. The molecule has 0 aliphatic carbocycles. The van der Waals surface area contributed by atoms with Crippen LogP contribution >= 0.6 is 0 Å². The zero-order chi connectivity index (χ0) is 13.4. The van der Waals surface area contributed by atoms with Crippen LogP contribution in [0.5, 0.6) is 0 Å². The Morgan fingerprint density at radius 1 is 1.44 bits per heavy atom. The first-order valence-electron chi connectivity index (χ1n) is 5.54. The highest BCUT2D eigenvalue weighted by atomic mass is 16.5. The summed E-state index contributed by atoms with van der Waals surface area (Å²) >= 11 is 0. The minimum absolute atomic E-state index is 0.156. The van der Waals surface area contributed by atoms with Gasteiger partial charge in [0.2, 0.25) is 0 Å². The molecule has 0 saturated heterocycles. The lowest BCUT2D eigenvalue weighted by molar-refractivity contribution is -0.142. The molecule has 1 aromatic rings. The molecular formula is C13H15NO4. The molecular weight excluding hydrogens is 234 g/mol. The van der Waals surface area contributed by atoms with Crippen molar-refractivity contribution < 1.29 is 19.1 Å². The van der Waals surface area contributed by atoms with Gasteiger partial charge >= 0.3 is 11.9 Å². The molecule has 1 aromatic heterocycles. The first-order valence-corrected chi connectivity index (χ1v) is 5.54. The second-order valence-corrected chi connectivity index (χ2v) is 3.34. The Morgan fingerprint density at radius 2 is 2.22 bits per heavy atom. The Labute approximate surface area is 105 Å². The van der Waals surface area contributed by atoms with Gasteiger partial charge in [0.1, 0.15) is 0 Å². The molecule has 0 atom stereocenters. The van der Waals surface area contributed by atoms with Crippen molar-refractivity contribution in [2.75, 3.05) is 13.7 Å². The van der Waals surface area contributed by atoms with Crippen molar-refractivity contribution in [2.45, 2.75) is 13.3 Å². The molecule has 0 fully saturated rings. The van der Waals surface area contributed by atoms with E-state index < -0.39 is 5.97 Å². The Bertz CT molecular complexity index is 454. The average molecular weight is 249 g/mol. The number of pyridine rings is 1. The van der Waals surface area contributed by atoms with Crippen LogP contribution < -0.4 is 0 Å². The summed E-state index contributed by atoms with van der Waals surface area (Å²) in [7, 11) is 1.29. The maximum absolute atomic E-state index is 11.4. The molecule has 0 spiro atoms. The van der Waals surface area contributed by atoms with Crippen LogP contribution in [0.3, 0.4) is 0 Å². The van der Waals surface area contributed by atoms with Gasteiger partial charge in [-0.2, -0.15) is 0 Å². The van der Waals surface area contributed by atoms with E-state index in [1.54, 1.807) is 31.2 Å². The van der Waals surface area contributed by atoms with Gasteiger partial charge in [-0.15, -0.1) is 0 Å². The highest BCUT2D eigenvalue weighted by molar-refractivity contribution is 5.91. The van der Waals surface area contributed by atoms with Crippen LogP contribution in [-0.2, 0) is 14.3 Å². The summed E-state index contributed by atoms with van der Waals surface area (Å²) in [5.41, 5.74) is 0.828. The van der Waals surface area contributed by atoms with Crippen molar-refractivity contribution in [3.8, 4) is 0 Å². The topological polar surface area (TPSA) is 65.5 Å². The van der Waals surface area contributed by atoms with E-state index in [0.717, 1.165) is 0 Å². The number of hydrogen-bond acceptors (Lipinski definition) is 5. The van der Waals surface area contributed by atoms with Gasteiger partial charge in [-0.1, -0.05) is 18.2 Å². The lowest BCUT2D eigenvalue weighted by Crippen LogP contribution is -2.06. The third-order valence-electron chi connectivity index (χ3n) is 2.10. The van der Waals surface area contributed by atoms with Crippen molar-refractivity contribution in [1.82, 2.24) is 4.98 Å². The molecule has 0 amide bonds. The number of carbonyl (C=O) groups is 2. The van der Waals surface area contributed by atoms with Gasteiger partial charge in [-0.05, 0) is 13.0 Å². The average Bonchev–Trinajstić information content (AvgIpc) is 2.39. The van der Waals surface area contributed by atoms with Crippen molar-refractivity contribution in [1.29, 1.82) is 0 Å². The third kappa shape index (κ3) is 4.01. The zero-order valence-electron chi connectivity index (χ0n) is 10.4. The Morgan fingerprint density at radius 3 is 2.89 bits per heavy atom. The van der Waals surface area contributed by atoms with Crippen LogP contribution in [-0.4, -0.2) is 30.6 Å². The van der Waals surface area contributed by atoms with Crippen LogP contribution in [0.1, 0.15) is 29.4 Å². The first kappa shape index (κ1) is 13.9. The van der Waals surface area contributed by atoms with Gasteiger partial charge < -0.3 is 9.47 Å². The summed E-state index contributed by atoms with van der Waals surface area (Å²) < 4.78 is 9.40. The number of rotatable bonds is 5. The van der Waals surface area contributed by atoms with Gasteiger partial charge in [-0.3, -0.25) is 4.79 Å². The van der Waals surface area contributed by atoms with Gasteiger partial charge in [0.25, 0.3) is 0 Å². The Kier molecular flexibility index (Phi) is 5.57. The van der Waals surface area contributed by atoms with Crippen LogP contribution in [0, 0.1) is 0 Å². The molecule has 0 unspecified atom stereocenters. The van der Waals surface area contributed by atoms with E-state index in [1.165, 1.54) is 13.3 Å². The summed E-state index contributed by atoms with van der Waals surface area (Å²) in [4.78, 5) is 26.5. The van der Waals surface area contributed by atoms with Gasteiger partial charge in [0.05, 0.1) is 20.1 Å². The zero-order valence-corrected chi connectivity index (χ0v) is 10.4. The lowest BCUT2D eigenvalue weighted by atomic mass is 10.1. The van der Waals surface area contributed by atoms with Gasteiger partial charge in [0.15, 0.2) is 5.69 Å². The maximum Gasteiger partial charge on any atom is 0.357 e. The Balaban J connectivity index is 2.75. The fourth-order valence-electron chi connectivity index (χ4n) is 1.32. The predicted octanol–water partition coefficient (Wildman–Crippen LogP) is 1.83. The fourth-order valence-corrected chi connectivity index (χ4v) is 1.32. The second-order valence-electron chi connectivity index (χ2n) is 3.34. The van der Waals surface area contributed by atoms with Crippen molar-refractivity contribution in [2.24, 2.45) is 0 Å². The van der Waals surface area contributed by atoms with Crippen LogP contribution in [0.25, 0.3) is 6.08 Å². The second kappa shape index (κ2) is 7.21. The van der Waals surface area contributed by atoms with E-state index in [9.17, 15) is 9.59 Å². The molecule has 0 aromatic carbocycles. The molecule has 18 heavy (non-hydrogen) atoms. The number of hydrogen-bond donors (Lipinski definition) is 0. The molecule has 1 rings (SSSR count). The van der Waals surface area contributed by atoms with E-state index in [1.807, 2.05) is 0 Å². The van der Waals surface area contributed by atoms with Crippen LogP contribution in [0.2, 0.25) is 0 Å². The lowest BCUT2D eigenvalue weighted by Gasteiger charge is -2.02. The van der Waals surface area contributed by atoms with Crippen LogP contribution in [0.15, 0.2) is 24.4 Å². The van der Waals surface area contributed by atoms with Crippen molar-refractivity contribution in [3.05, 3.63) is 35.7 Å². The third-order valence-corrected chi connectivity index (χ3v) is 2.10. The molecule has 1 heterocycles. The molecule has 0 radical (unpaired) electrons. The van der Waals surface area contributed by atoms with E-state index in [0.29, 0.717) is 12.2 Å². The molecule has 0 N–H and O–H groups in total. The summed E-state index contributed by atoms with van der Waals surface area (Å²) in [5.74, 6) is -0.816. The number of carbonyl (C=O) groups excluding carboxylic acids is 2. The van der Waals surface area contributed by atoms with Crippen LogP contribution in [0.4, 0.5) is 0 Å². The normalized spacial score (nSPS) is 10.3. The SMILES string of the molecule is CCOC(=O)CC=Cc1cccnc1C(=O)OC. The smallest absolute Gasteiger partial charge is 0.357 e. The summed E-state index contributed by atoms with van der Waals surface area (Å²) in [6.45, 7) is 2.10. The monoisotopic (exact) mass is 249 g/mol. The molecule has 96 valence electrons. The summed E-state index contributed by atoms with van der Waals surface area (Å²) in [6, 6.07) is 3.43. The van der Waals surface area contributed by atoms with Gasteiger partial charge in [0, 0.05) is 11.8 Å². The highest BCUT2D eigenvalue weighted by Crippen LogP contribution is 2.09.